The van der Waals surface area contributed by atoms with Gasteiger partial charge in [-0.05, 0) is 67.1 Å². The zero-order chi connectivity index (χ0) is 27.7. The van der Waals surface area contributed by atoms with E-state index in [4.69, 9.17) is 0 Å². The van der Waals surface area contributed by atoms with Gasteiger partial charge in [0, 0.05) is 59.0 Å². The molecule has 5 rings (SSSR count). The fourth-order valence-corrected chi connectivity index (χ4v) is 4.78. The number of hydrogen-bond donors (Lipinski definition) is 4. The van der Waals surface area contributed by atoms with Gasteiger partial charge in [-0.1, -0.05) is 24.3 Å². The van der Waals surface area contributed by atoms with E-state index < -0.39 is 0 Å². The number of carbonyl (C=O) groups is 4. The minimum Gasteiger partial charge on any atom is -0.355 e. The SMILES string of the molecule is CC(=O)Nc1cccc(Nc2cc(C)c3c(c2)C(=O)c2cccc(Nc4cccc(NC(C)=O)c4)c2C3=O)c1. The molecule has 1 aliphatic rings. The highest BCUT2D eigenvalue weighted by Gasteiger charge is 2.33. The normalized spacial score (nSPS) is 11.8. The Morgan fingerprint density at radius 1 is 0.564 bits per heavy atom. The van der Waals surface area contributed by atoms with Gasteiger partial charge in [0.05, 0.1) is 11.3 Å². The van der Waals surface area contributed by atoms with E-state index >= 15 is 0 Å². The van der Waals surface area contributed by atoms with Crippen LogP contribution < -0.4 is 21.3 Å². The van der Waals surface area contributed by atoms with Crippen molar-refractivity contribution in [3.63, 3.8) is 0 Å². The number of rotatable bonds is 6. The predicted octanol–water partition coefficient (Wildman–Crippen LogP) is 6.17. The van der Waals surface area contributed by atoms with Gasteiger partial charge in [0.2, 0.25) is 11.8 Å². The molecule has 0 bridgehead atoms. The minimum absolute atomic E-state index is 0.172. The molecule has 0 aliphatic heterocycles. The van der Waals surface area contributed by atoms with Crippen LogP contribution in [0.3, 0.4) is 0 Å². The summed E-state index contributed by atoms with van der Waals surface area (Å²) in [5.41, 5.74) is 5.80. The summed E-state index contributed by atoms with van der Waals surface area (Å²) in [4.78, 5) is 50.3. The molecule has 0 saturated heterocycles. The predicted molar refractivity (Wildman–Crippen MR) is 153 cm³/mol. The lowest BCUT2D eigenvalue weighted by molar-refractivity contribution is -0.115. The maximum Gasteiger partial charge on any atom is 0.221 e. The Bertz CT molecular complexity index is 1680. The minimum atomic E-state index is -0.242. The van der Waals surface area contributed by atoms with E-state index in [1.165, 1.54) is 13.8 Å². The van der Waals surface area contributed by atoms with E-state index in [1.54, 1.807) is 61.5 Å². The van der Waals surface area contributed by atoms with Crippen molar-refractivity contribution in [2.24, 2.45) is 0 Å². The fourth-order valence-electron chi connectivity index (χ4n) is 4.78. The van der Waals surface area contributed by atoms with Crippen LogP contribution >= 0.6 is 0 Å². The molecule has 8 nitrogen and oxygen atoms in total. The number of anilines is 6. The van der Waals surface area contributed by atoms with Crippen molar-refractivity contribution < 1.29 is 19.2 Å². The van der Waals surface area contributed by atoms with Gasteiger partial charge in [0.1, 0.15) is 0 Å². The molecule has 194 valence electrons. The number of benzene rings is 4. The van der Waals surface area contributed by atoms with Crippen LogP contribution in [0.2, 0.25) is 0 Å². The van der Waals surface area contributed by atoms with Crippen LogP contribution in [-0.2, 0) is 9.59 Å². The van der Waals surface area contributed by atoms with E-state index in [9.17, 15) is 19.2 Å². The molecule has 0 unspecified atom stereocenters. The Labute approximate surface area is 225 Å². The summed E-state index contributed by atoms with van der Waals surface area (Å²) in [7, 11) is 0. The molecule has 0 spiro atoms. The van der Waals surface area contributed by atoms with Crippen molar-refractivity contribution in [3.8, 4) is 0 Å². The molecule has 0 fully saturated rings. The van der Waals surface area contributed by atoms with Crippen LogP contribution in [0.25, 0.3) is 0 Å². The van der Waals surface area contributed by atoms with E-state index in [0.29, 0.717) is 56.3 Å². The number of ketones is 2. The van der Waals surface area contributed by atoms with Gasteiger partial charge in [-0.2, -0.15) is 0 Å². The van der Waals surface area contributed by atoms with E-state index in [0.717, 1.165) is 5.69 Å². The fraction of sp³-hybridized carbons (Fsp3) is 0.0968. The molecule has 0 atom stereocenters. The number of amides is 2. The maximum atomic E-state index is 13.8. The Hall–Kier alpha value is -5.24. The van der Waals surface area contributed by atoms with Crippen LogP contribution in [0.15, 0.2) is 78.9 Å². The summed E-state index contributed by atoms with van der Waals surface area (Å²) in [6.45, 7) is 4.68. The van der Waals surface area contributed by atoms with Crippen LogP contribution in [0.4, 0.5) is 34.1 Å². The Kier molecular flexibility index (Phi) is 6.68. The lowest BCUT2D eigenvalue weighted by atomic mass is 9.81. The molecule has 2 amide bonds. The van der Waals surface area contributed by atoms with Crippen LogP contribution in [-0.4, -0.2) is 23.4 Å². The van der Waals surface area contributed by atoms with Crippen molar-refractivity contribution >= 4 is 57.5 Å². The molecule has 4 aromatic carbocycles. The largest absolute Gasteiger partial charge is 0.355 e. The third-order valence-corrected chi connectivity index (χ3v) is 6.28. The molecule has 39 heavy (non-hydrogen) atoms. The first-order valence-corrected chi connectivity index (χ1v) is 12.4. The second-order valence-corrected chi connectivity index (χ2v) is 9.38. The molecule has 0 heterocycles. The lowest BCUT2D eigenvalue weighted by Gasteiger charge is -2.23. The van der Waals surface area contributed by atoms with Gasteiger partial charge in [0.25, 0.3) is 0 Å². The number of nitrogens with one attached hydrogen (secondary N) is 4. The van der Waals surface area contributed by atoms with Crippen molar-refractivity contribution in [2.75, 3.05) is 21.3 Å². The van der Waals surface area contributed by atoms with Crippen molar-refractivity contribution in [2.45, 2.75) is 20.8 Å². The highest BCUT2D eigenvalue weighted by atomic mass is 16.2. The molecule has 4 aromatic rings. The summed E-state index contributed by atoms with van der Waals surface area (Å²) in [6, 6.07) is 23.0. The highest BCUT2D eigenvalue weighted by Crippen LogP contribution is 2.37. The highest BCUT2D eigenvalue weighted by molar-refractivity contribution is 6.31. The molecular weight excluding hydrogens is 492 g/mol. The Morgan fingerprint density at radius 2 is 1.13 bits per heavy atom. The number of aryl methyl sites for hydroxylation is 1. The third-order valence-electron chi connectivity index (χ3n) is 6.28. The molecule has 4 N–H and O–H groups in total. The Morgan fingerprint density at radius 3 is 1.74 bits per heavy atom. The monoisotopic (exact) mass is 518 g/mol. The smallest absolute Gasteiger partial charge is 0.221 e. The van der Waals surface area contributed by atoms with E-state index in [-0.39, 0.29) is 23.4 Å². The number of fused-ring (bicyclic) bond motifs is 2. The Balaban J connectivity index is 1.48. The van der Waals surface area contributed by atoms with Gasteiger partial charge in [0.15, 0.2) is 11.6 Å². The van der Waals surface area contributed by atoms with Gasteiger partial charge < -0.3 is 21.3 Å². The van der Waals surface area contributed by atoms with Crippen molar-refractivity contribution in [3.05, 3.63) is 107 Å². The van der Waals surface area contributed by atoms with E-state index in [2.05, 4.69) is 21.3 Å². The molecule has 0 saturated carbocycles. The topological polar surface area (TPSA) is 116 Å². The number of hydrogen-bond acceptors (Lipinski definition) is 6. The van der Waals surface area contributed by atoms with Crippen molar-refractivity contribution in [1.82, 2.24) is 0 Å². The summed E-state index contributed by atoms with van der Waals surface area (Å²) >= 11 is 0. The summed E-state index contributed by atoms with van der Waals surface area (Å²) in [5, 5.41) is 12.0. The number of carbonyl (C=O) groups excluding carboxylic acids is 4. The molecule has 0 aromatic heterocycles. The first kappa shape index (κ1) is 25.4. The summed E-state index contributed by atoms with van der Waals surface area (Å²) in [5.74, 6) is -0.841. The van der Waals surface area contributed by atoms with Gasteiger partial charge in [-0.15, -0.1) is 0 Å². The third kappa shape index (κ3) is 5.26. The first-order valence-electron chi connectivity index (χ1n) is 12.4. The zero-order valence-electron chi connectivity index (χ0n) is 21.6. The second kappa shape index (κ2) is 10.3. The van der Waals surface area contributed by atoms with Crippen LogP contribution in [0.1, 0.15) is 51.3 Å². The average molecular weight is 519 g/mol. The zero-order valence-corrected chi connectivity index (χ0v) is 21.6. The quantitative estimate of drug-likeness (QED) is 0.213. The molecule has 0 radical (unpaired) electrons. The van der Waals surface area contributed by atoms with Crippen LogP contribution in [0, 0.1) is 6.92 Å². The van der Waals surface area contributed by atoms with Crippen molar-refractivity contribution in [1.29, 1.82) is 0 Å². The molecular formula is C31H26N4O4. The maximum absolute atomic E-state index is 13.8. The average Bonchev–Trinajstić information content (AvgIpc) is 2.86. The summed E-state index contributed by atoms with van der Waals surface area (Å²) in [6.07, 6.45) is 0. The lowest BCUT2D eigenvalue weighted by Crippen LogP contribution is -2.23. The molecule has 8 heteroatoms. The van der Waals surface area contributed by atoms with Gasteiger partial charge in [-0.3, -0.25) is 19.2 Å². The standard InChI is InChI=1S/C31H26N4O4/c1-17-13-24(34-22-9-4-7-20(14-22)32-18(2)36)16-26-28(17)31(39)29-25(30(26)38)11-6-12-27(29)35-23-10-5-8-21(15-23)33-19(3)37/h4-16,34-35H,1-3H3,(H,32,36)(H,33,37). The van der Waals surface area contributed by atoms with Gasteiger partial charge in [-0.25, -0.2) is 0 Å². The molecule has 1 aliphatic carbocycles. The van der Waals surface area contributed by atoms with E-state index in [1.807, 2.05) is 24.3 Å². The van der Waals surface area contributed by atoms with Gasteiger partial charge >= 0.3 is 0 Å². The summed E-state index contributed by atoms with van der Waals surface area (Å²) < 4.78 is 0. The second-order valence-electron chi connectivity index (χ2n) is 9.38. The first-order chi connectivity index (χ1) is 18.7. The van der Waals surface area contributed by atoms with Crippen LogP contribution in [0.5, 0.6) is 0 Å².